The van der Waals surface area contributed by atoms with Gasteiger partial charge < -0.3 is 0 Å². The Hall–Kier alpha value is -2.34. The Bertz CT molecular complexity index is 671. The first-order valence-corrected chi connectivity index (χ1v) is 10.4. The van der Waals surface area contributed by atoms with Crippen LogP contribution in [0.1, 0.15) is 63.8 Å². The van der Waals surface area contributed by atoms with Crippen molar-refractivity contribution in [2.75, 3.05) is 0 Å². The lowest BCUT2D eigenvalue weighted by Gasteiger charge is -1.98. The van der Waals surface area contributed by atoms with Gasteiger partial charge in [-0.1, -0.05) is 125 Å². The molecule has 0 aliphatic heterocycles. The van der Waals surface area contributed by atoms with Crippen molar-refractivity contribution in [1.82, 2.24) is 0 Å². The Morgan fingerprint density at radius 2 is 0.741 bits per heavy atom. The fourth-order valence-electron chi connectivity index (χ4n) is 2.72. The molecule has 1 aliphatic carbocycles. The van der Waals surface area contributed by atoms with Crippen molar-refractivity contribution in [2.45, 2.75) is 61.8 Å². The molecule has 0 heterocycles. The van der Waals surface area contributed by atoms with E-state index in [1.807, 2.05) is 41.5 Å². The molecule has 0 atom stereocenters. The van der Waals surface area contributed by atoms with Gasteiger partial charge in [-0.15, -0.1) is 0 Å². The Morgan fingerprint density at radius 1 is 0.444 bits per heavy atom. The monoisotopic (exact) mass is 362 g/mol. The van der Waals surface area contributed by atoms with Crippen molar-refractivity contribution in [1.29, 1.82) is 0 Å². The molecule has 3 aromatic rings. The normalized spacial score (nSPS) is 9.33. The molecule has 146 valence electrons. The molecule has 0 heteroatoms. The predicted octanol–water partition coefficient (Wildman–Crippen LogP) is 8.64. The van der Waals surface area contributed by atoms with E-state index in [9.17, 15) is 0 Å². The third kappa shape index (κ3) is 7.83. The summed E-state index contributed by atoms with van der Waals surface area (Å²) in [5, 5.41) is 0. The minimum absolute atomic E-state index is 1.10. The molecule has 1 aliphatic rings. The van der Waals surface area contributed by atoms with Crippen molar-refractivity contribution in [3.8, 4) is 11.1 Å². The third-order valence-electron chi connectivity index (χ3n) is 3.92. The van der Waals surface area contributed by atoms with Crippen molar-refractivity contribution >= 4 is 0 Å². The molecule has 0 fully saturated rings. The maximum Gasteiger partial charge on any atom is -0.00135 e. The molecule has 0 nitrogen and oxygen atoms in total. The number of aryl methyl sites for hydroxylation is 2. The van der Waals surface area contributed by atoms with Gasteiger partial charge in [-0.05, 0) is 42.5 Å². The molecule has 3 aromatic carbocycles. The number of benzene rings is 3. The molecule has 0 unspecified atom stereocenters. The molecule has 0 spiro atoms. The smallest absolute Gasteiger partial charge is 0.00135 e. The van der Waals surface area contributed by atoms with Gasteiger partial charge in [0.1, 0.15) is 0 Å². The van der Waals surface area contributed by atoms with Gasteiger partial charge in [-0.3, -0.25) is 0 Å². The van der Waals surface area contributed by atoms with Crippen LogP contribution >= 0.6 is 0 Å². The zero-order valence-electron chi connectivity index (χ0n) is 18.6. The number of hydrogen-bond acceptors (Lipinski definition) is 0. The summed E-state index contributed by atoms with van der Waals surface area (Å²) < 4.78 is 0. The SMILES string of the molecule is CC.CC.CC.Cc1ccc(C)cc1.c1ccc2c(c1)Cc1ccccc1-2. The van der Waals surface area contributed by atoms with Crippen LogP contribution in [0.15, 0.2) is 72.8 Å². The Labute approximate surface area is 168 Å². The maximum atomic E-state index is 2.22. The number of hydrogen-bond donors (Lipinski definition) is 0. The average Bonchev–Trinajstić information content (AvgIpc) is 3.14. The highest BCUT2D eigenvalue weighted by atomic mass is 14.2. The summed E-state index contributed by atoms with van der Waals surface area (Å²) >= 11 is 0. The predicted molar refractivity (Wildman–Crippen MR) is 125 cm³/mol. The van der Waals surface area contributed by atoms with Crippen LogP contribution in [0.5, 0.6) is 0 Å². The molecule has 0 bridgehead atoms. The van der Waals surface area contributed by atoms with Gasteiger partial charge >= 0.3 is 0 Å². The van der Waals surface area contributed by atoms with E-state index in [4.69, 9.17) is 0 Å². The van der Waals surface area contributed by atoms with Gasteiger partial charge in [0.05, 0.1) is 0 Å². The van der Waals surface area contributed by atoms with Crippen molar-refractivity contribution < 1.29 is 0 Å². The van der Waals surface area contributed by atoms with Crippen molar-refractivity contribution in [3.63, 3.8) is 0 Å². The summed E-state index contributed by atoms with van der Waals surface area (Å²) in [7, 11) is 0. The van der Waals surface area contributed by atoms with Gasteiger partial charge in [0.25, 0.3) is 0 Å². The largest absolute Gasteiger partial charge is 0.0683 e. The zero-order chi connectivity index (χ0) is 20.7. The zero-order valence-corrected chi connectivity index (χ0v) is 18.6. The van der Waals surface area contributed by atoms with Crippen molar-refractivity contribution in [2.24, 2.45) is 0 Å². The summed E-state index contributed by atoms with van der Waals surface area (Å²) in [6.45, 7) is 16.2. The van der Waals surface area contributed by atoms with Crippen LogP contribution in [0, 0.1) is 13.8 Å². The highest BCUT2D eigenvalue weighted by Crippen LogP contribution is 2.35. The summed E-state index contributed by atoms with van der Waals surface area (Å²) in [5.41, 5.74) is 8.41. The third-order valence-corrected chi connectivity index (χ3v) is 3.92. The summed E-state index contributed by atoms with van der Waals surface area (Å²) in [6, 6.07) is 25.8. The molecule has 0 radical (unpaired) electrons. The number of fused-ring (bicyclic) bond motifs is 3. The number of rotatable bonds is 0. The first kappa shape index (κ1) is 24.7. The summed E-state index contributed by atoms with van der Waals surface area (Å²) in [6.07, 6.45) is 1.10. The van der Waals surface area contributed by atoms with Crippen LogP contribution in [0.4, 0.5) is 0 Å². The maximum absolute atomic E-state index is 2.22. The van der Waals surface area contributed by atoms with E-state index < -0.39 is 0 Å². The van der Waals surface area contributed by atoms with Gasteiger partial charge in [-0.25, -0.2) is 0 Å². The minimum atomic E-state index is 1.10. The van der Waals surface area contributed by atoms with E-state index in [1.54, 1.807) is 0 Å². The van der Waals surface area contributed by atoms with Crippen LogP contribution < -0.4 is 0 Å². The molecule has 27 heavy (non-hydrogen) atoms. The highest BCUT2D eigenvalue weighted by Gasteiger charge is 2.15. The van der Waals surface area contributed by atoms with Crippen LogP contribution in [0.3, 0.4) is 0 Å². The first-order valence-electron chi connectivity index (χ1n) is 10.4. The molecular weight excluding hydrogens is 324 g/mol. The second-order valence-electron chi connectivity index (χ2n) is 5.65. The van der Waals surface area contributed by atoms with Gasteiger partial charge in [0, 0.05) is 0 Å². The van der Waals surface area contributed by atoms with Crippen molar-refractivity contribution in [3.05, 3.63) is 95.1 Å². The van der Waals surface area contributed by atoms with E-state index in [2.05, 4.69) is 86.6 Å². The highest BCUT2D eigenvalue weighted by molar-refractivity contribution is 5.76. The fraction of sp³-hybridized carbons (Fsp3) is 0.333. The Balaban J connectivity index is 0.000000419. The lowest BCUT2D eigenvalue weighted by molar-refractivity contribution is 1.26. The topological polar surface area (TPSA) is 0 Å². The molecule has 0 amide bonds. The van der Waals surface area contributed by atoms with E-state index in [0.29, 0.717) is 0 Å². The quantitative estimate of drug-likeness (QED) is 0.293. The van der Waals surface area contributed by atoms with E-state index in [-0.39, 0.29) is 0 Å². The van der Waals surface area contributed by atoms with Gasteiger partial charge in [0.2, 0.25) is 0 Å². The molecule has 4 rings (SSSR count). The molecule has 0 N–H and O–H groups in total. The molecule has 0 aromatic heterocycles. The van der Waals surface area contributed by atoms with Crippen LogP contribution in [0.2, 0.25) is 0 Å². The van der Waals surface area contributed by atoms with Crippen LogP contribution in [0.25, 0.3) is 11.1 Å². The van der Waals surface area contributed by atoms with Gasteiger partial charge in [0.15, 0.2) is 0 Å². The molecular formula is C27H38. The lowest BCUT2D eigenvalue weighted by Crippen LogP contribution is -1.77. The second-order valence-corrected chi connectivity index (χ2v) is 5.65. The Kier molecular flexibility index (Phi) is 13.5. The minimum Gasteiger partial charge on any atom is -0.0683 e. The van der Waals surface area contributed by atoms with E-state index >= 15 is 0 Å². The molecule has 0 saturated heterocycles. The van der Waals surface area contributed by atoms with E-state index in [1.165, 1.54) is 33.4 Å². The fourth-order valence-corrected chi connectivity index (χ4v) is 2.72. The van der Waals surface area contributed by atoms with Gasteiger partial charge in [-0.2, -0.15) is 0 Å². The Morgan fingerprint density at radius 3 is 1.07 bits per heavy atom. The summed E-state index contributed by atoms with van der Waals surface area (Å²) in [4.78, 5) is 0. The van der Waals surface area contributed by atoms with Crippen LogP contribution in [-0.2, 0) is 6.42 Å². The lowest BCUT2D eigenvalue weighted by atomic mass is 10.1. The van der Waals surface area contributed by atoms with Crippen LogP contribution in [-0.4, -0.2) is 0 Å². The first-order chi connectivity index (χ1) is 13.2. The summed E-state index contributed by atoms with van der Waals surface area (Å²) in [5.74, 6) is 0. The standard InChI is InChI=1S/C13H10.C8H10.3C2H6/c1-3-7-12-10(5-1)9-11-6-2-4-8-13(11)12;1-7-3-5-8(2)6-4-7;3*1-2/h1-8H,9H2;3-6H,1-2H3;3*1-2H3. The average molecular weight is 363 g/mol. The van der Waals surface area contributed by atoms with E-state index in [0.717, 1.165) is 6.42 Å². The second kappa shape index (κ2) is 14.8. The molecule has 0 saturated carbocycles.